The first-order valence-electron chi connectivity index (χ1n) is 11.3. The number of likely N-dealkylation sites (tertiary alicyclic amines) is 1. The molecule has 2 atom stereocenters. The fourth-order valence-corrected chi connectivity index (χ4v) is 4.58. The Morgan fingerprint density at radius 1 is 0.971 bits per heavy atom. The van der Waals surface area contributed by atoms with Crippen molar-refractivity contribution in [3.63, 3.8) is 0 Å². The van der Waals surface area contributed by atoms with E-state index >= 15 is 0 Å². The SMILES string of the molecule is COc1cccc(C2CN(C(=O)c3ccccc3)CC2C(=O)NCc2ccc3c(c2)OCO3)c1. The van der Waals surface area contributed by atoms with Crippen LogP contribution in [-0.2, 0) is 11.3 Å². The summed E-state index contributed by atoms with van der Waals surface area (Å²) in [5, 5.41) is 3.06. The van der Waals surface area contributed by atoms with Crippen LogP contribution < -0.4 is 19.5 Å². The molecule has 2 aliphatic heterocycles. The van der Waals surface area contributed by atoms with E-state index in [1.165, 1.54) is 0 Å². The highest BCUT2D eigenvalue weighted by molar-refractivity contribution is 5.95. The molecule has 7 nitrogen and oxygen atoms in total. The second kappa shape index (κ2) is 9.47. The van der Waals surface area contributed by atoms with Crippen molar-refractivity contribution in [2.24, 2.45) is 5.92 Å². The Morgan fingerprint density at radius 3 is 2.62 bits per heavy atom. The number of rotatable bonds is 6. The highest BCUT2D eigenvalue weighted by atomic mass is 16.7. The van der Waals surface area contributed by atoms with E-state index in [4.69, 9.17) is 14.2 Å². The van der Waals surface area contributed by atoms with Crippen molar-refractivity contribution < 1.29 is 23.8 Å². The summed E-state index contributed by atoms with van der Waals surface area (Å²) in [6.07, 6.45) is 0. The lowest BCUT2D eigenvalue weighted by Gasteiger charge is -2.19. The fourth-order valence-electron chi connectivity index (χ4n) is 4.58. The van der Waals surface area contributed by atoms with Gasteiger partial charge in [0, 0.05) is 31.1 Å². The first kappa shape index (κ1) is 21.8. The standard InChI is InChI=1S/C27H26N2O5/c1-32-21-9-5-8-20(13-21)22-15-29(27(31)19-6-3-2-4-7-19)16-23(22)26(30)28-14-18-10-11-24-25(12-18)34-17-33-24/h2-13,22-23H,14-17H2,1H3,(H,28,30). The molecule has 0 radical (unpaired) electrons. The van der Waals surface area contributed by atoms with E-state index < -0.39 is 0 Å². The van der Waals surface area contributed by atoms with Crippen LogP contribution in [0, 0.1) is 5.92 Å². The number of carbonyl (C=O) groups is 2. The van der Waals surface area contributed by atoms with Gasteiger partial charge in [-0.05, 0) is 47.5 Å². The number of nitrogens with zero attached hydrogens (tertiary/aromatic N) is 1. The molecule has 0 aromatic heterocycles. The van der Waals surface area contributed by atoms with Gasteiger partial charge in [0.25, 0.3) is 5.91 Å². The molecule has 2 aliphatic rings. The predicted molar refractivity (Wildman–Crippen MR) is 126 cm³/mol. The van der Waals surface area contributed by atoms with Crippen molar-refractivity contribution in [1.29, 1.82) is 0 Å². The van der Waals surface area contributed by atoms with Crippen LogP contribution in [0.2, 0.25) is 0 Å². The van der Waals surface area contributed by atoms with Gasteiger partial charge in [0.2, 0.25) is 12.7 Å². The largest absolute Gasteiger partial charge is 0.497 e. The molecule has 0 spiro atoms. The van der Waals surface area contributed by atoms with Crippen molar-refractivity contribution in [3.8, 4) is 17.2 Å². The van der Waals surface area contributed by atoms with E-state index in [1.54, 1.807) is 24.1 Å². The maximum Gasteiger partial charge on any atom is 0.253 e. The number of methoxy groups -OCH3 is 1. The highest BCUT2D eigenvalue weighted by Gasteiger charge is 2.40. The Kier molecular flexibility index (Phi) is 6.08. The lowest BCUT2D eigenvalue weighted by atomic mass is 9.88. The third kappa shape index (κ3) is 4.41. The van der Waals surface area contributed by atoms with E-state index in [0.717, 1.165) is 16.9 Å². The average molecular weight is 459 g/mol. The molecule has 1 saturated heterocycles. The van der Waals surface area contributed by atoms with Crippen LogP contribution in [0.25, 0.3) is 0 Å². The van der Waals surface area contributed by atoms with Gasteiger partial charge in [-0.25, -0.2) is 0 Å². The van der Waals surface area contributed by atoms with Gasteiger partial charge in [0.05, 0.1) is 13.0 Å². The zero-order valence-electron chi connectivity index (χ0n) is 18.9. The number of benzene rings is 3. The first-order valence-corrected chi connectivity index (χ1v) is 11.3. The summed E-state index contributed by atoms with van der Waals surface area (Å²) in [7, 11) is 1.62. The molecule has 2 unspecified atom stereocenters. The van der Waals surface area contributed by atoms with Crippen molar-refractivity contribution in [3.05, 3.63) is 89.5 Å². The third-order valence-corrected chi connectivity index (χ3v) is 6.39. The lowest BCUT2D eigenvalue weighted by molar-refractivity contribution is -0.125. The van der Waals surface area contributed by atoms with E-state index in [1.807, 2.05) is 60.7 Å². The van der Waals surface area contributed by atoms with Gasteiger partial charge in [-0.15, -0.1) is 0 Å². The van der Waals surface area contributed by atoms with Gasteiger partial charge in [-0.3, -0.25) is 9.59 Å². The molecule has 0 saturated carbocycles. The van der Waals surface area contributed by atoms with Crippen LogP contribution in [0.3, 0.4) is 0 Å². The highest BCUT2D eigenvalue weighted by Crippen LogP contribution is 2.36. The molecule has 0 bridgehead atoms. The third-order valence-electron chi connectivity index (χ3n) is 6.39. The van der Waals surface area contributed by atoms with Gasteiger partial charge < -0.3 is 24.4 Å². The van der Waals surface area contributed by atoms with Crippen LogP contribution in [0.1, 0.15) is 27.4 Å². The Labute approximate surface area is 198 Å². The molecule has 0 aliphatic carbocycles. The van der Waals surface area contributed by atoms with E-state index in [0.29, 0.717) is 36.7 Å². The Bertz CT molecular complexity index is 1200. The van der Waals surface area contributed by atoms with Crippen LogP contribution in [0.15, 0.2) is 72.8 Å². The van der Waals surface area contributed by atoms with Crippen LogP contribution in [0.5, 0.6) is 17.2 Å². The second-order valence-corrected chi connectivity index (χ2v) is 8.47. The zero-order valence-corrected chi connectivity index (χ0v) is 18.9. The van der Waals surface area contributed by atoms with Crippen LogP contribution in [0.4, 0.5) is 0 Å². The number of fused-ring (bicyclic) bond motifs is 1. The van der Waals surface area contributed by atoms with Gasteiger partial charge in [0.1, 0.15) is 5.75 Å². The molecule has 7 heteroatoms. The molecule has 5 rings (SSSR count). The van der Waals surface area contributed by atoms with Crippen LogP contribution in [-0.4, -0.2) is 43.7 Å². The molecular weight excluding hydrogens is 432 g/mol. The summed E-state index contributed by atoms with van der Waals surface area (Å²) in [6, 6.07) is 22.5. The van der Waals surface area contributed by atoms with E-state index in [9.17, 15) is 9.59 Å². The molecule has 34 heavy (non-hydrogen) atoms. The minimum Gasteiger partial charge on any atom is -0.497 e. The number of hydrogen-bond donors (Lipinski definition) is 1. The molecular formula is C27H26N2O5. The van der Waals surface area contributed by atoms with Gasteiger partial charge in [-0.2, -0.15) is 0 Å². The first-order chi connectivity index (χ1) is 16.6. The molecule has 174 valence electrons. The Balaban J connectivity index is 1.35. The second-order valence-electron chi connectivity index (χ2n) is 8.47. The summed E-state index contributed by atoms with van der Waals surface area (Å²) in [5.74, 6) is 1.44. The summed E-state index contributed by atoms with van der Waals surface area (Å²) < 4.78 is 16.2. The maximum atomic E-state index is 13.4. The van der Waals surface area contributed by atoms with Crippen LogP contribution >= 0.6 is 0 Å². The molecule has 2 heterocycles. The average Bonchev–Trinajstić information content (AvgIpc) is 3.54. The molecule has 1 fully saturated rings. The number of ether oxygens (including phenoxy) is 3. The number of hydrogen-bond acceptors (Lipinski definition) is 5. The summed E-state index contributed by atoms with van der Waals surface area (Å²) in [4.78, 5) is 28.3. The molecule has 2 amide bonds. The van der Waals surface area contributed by atoms with Crippen molar-refractivity contribution in [2.75, 3.05) is 27.0 Å². The van der Waals surface area contributed by atoms with Crippen molar-refractivity contribution >= 4 is 11.8 Å². The van der Waals surface area contributed by atoms with Gasteiger partial charge in [-0.1, -0.05) is 36.4 Å². The zero-order chi connectivity index (χ0) is 23.5. The summed E-state index contributed by atoms with van der Waals surface area (Å²) in [5.41, 5.74) is 2.52. The van der Waals surface area contributed by atoms with Crippen molar-refractivity contribution in [2.45, 2.75) is 12.5 Å². The predicted octanol–water partition coefficient (Wildman–Crippen LogP) is 3.60. The number of carbonyl (C=O) groups excluding carboxylic acids is 2. The van der Waals surface area contributed by atoms with Gasteiger partial charge in [0.15, 0.2) is 11.5 Å². The number of nitrogens with one attached hydrogen (secondary N) is 1. The lowest BCUT2D eigenvalue weighted by Crippen LogP contribution is -2.35. The number of amides is 2. The normalized spacial score (nSPS) is 18.6. The molecule has 1 N–H and O–H groups in total. The summed E-state index contributed by atoms with van der Waals surface area (Å²) in [6.45, 7) is 1.38. The minimum atomic E-state index is -0.381. The summed E-state index contributed by atoms with van der Waals surface area (Å²) >= 11 is 0. The minimum absolute atomic E-state index is 0.0698. The van der Waals surface area contributed by atoms with Gasteiger partial charge >= 0.3 is 0 Å². The Hall–Kier alpha value is -4.00. The monoisotopic (exact) mass is 458 g/mol. The topological polar surface area (TPSA) is 77.1 Å². The fraction of sp³-hybridized carbons (Fsp3) is 0.259. The maximum absolute atomic E-state index is 13.4. The molecule has 3 aromatic carbocycles. The molecule has 3 aromatic rings. The van der Waals surface area contributed by atoms with E-state index in [-0.39, 0.29) is 30.4 Å². The Morgan fingerprint density at radius 2 is 1.79 bits per heavy atom. The quantitative estimate of drug-likeness (QED) is 0.611. The van der Waals surface area contributed by atoms with Crippen molar-refractivity contribution in [1.82, 2.24) is 10.2 Å². The smallest absolute Gasteiger partial charge is 0.253 e. The van der Waals surface area contributed by atoms with E-state index in [2.05, 4.69) is 5.32 Å².